The lowest BCUT2D eigenvalue weighted by Gasteiger charge is -2.35. The molecule has 0 atom stereocenters. The fourth-order valence-electron chi connectivity index (χ4n) is 2.78. The fraction of sp³-hybridized carbons (Fsp3) is 0.571. The molecule has 5 nitrogen and oxygen atoms in total. The Bertz CT molecular complexity index is 598. The summed E-state index contributed by atoms with van der Waals surface area (Å²) in [6.45, 7) is 0.122. The van der Waals surface area contributed by atoms with E-state index in [2.05, 4.69) is 4.72 Å². The summed E-state index contributed by atoms with van der Waals surface area (Å²) in [5, 5.41) is 9.59. The van der Waals surface area contributed by atoms with Crippen molar-refractivity contribution in [2.24, 2.45) is 5.41 Å². The Kier molecular flexibility index (Phi) is 4.85. The van der Waals surface area contributed by atoms with Gasteiger partial charge in [0.2, 0.25) is 10.0 Å². The number of nitrogens with one attached hydrogen (secondary N) is 1. The second-order valence-corrected chi connectivity index (χ2v) is 7.46. The van der Waals surface area contributed by atoms with Gasteiger partial charge in [-0.2, -0.15) is 0 Å². The molecule has 1 aliphatic rings. The van der Waals surface area contributed by atoms with Gasteiger partial charge in [0.05, 0.1) is 5.69 Å². The Labute approximate surface area is 124 Å². The number of anilines is 1. The first-order chi connectivity index (χ1) is 9.88. The van der Waals surface area contributed by atoms with Crippen LogP contribution in [0.15, 0.2) is 23.1 Å². The molecule has 1 fully saturated rings. The second kappa shape index (κ2) is 6.29. The molecule has 0 heterocycles. The van der Waals surface area contributed by atoms with E-state index < -0.39 is 21.3 Å². The first-order valence-electron chi connectivity index (χ1n) is 7.04. The van der Waals surface area contributed by atoms with Gasteiger partial charge < -0.3 is 10.8 Å². The number of nitrogen functional groups attached to an aromatic ring is 1. The lowest BCUT2D eigenvalue weighted by molar-refractivity contribution is 0.0867. The Morgan fingerprint density at radius 3 is 2.52 bits per heavy atom. The van der Waals surface area contributed by atoms with Gasteiger partial charge in [0.25, 0.3) is 0 Å². The van der Waals surface area contributed by atoms with Crippen molar-refractivity contribution in [1.29, 1.82) is 0 Å². The highest BCUT2D eigenvalue weighted by molar-refractivity contribution is 7.89. The highest BCUT2D eigenvalue weighted by Gasteiger charge is 2.33. The molecule has 0 aliphatic heterocycles. The van der Waals surface area contributed by atoms with Crippen LogP contribution in [0.1, 0.15) is 32.1 Å². The minimum Gasteiger partial charge on any atom is -0.398 e. The summed E-state index contributed by atoms with van der Waals surface area (Å²) in [5.41, 5.74) is 5.05. The summed E-state index contributed by atoms with van der Waals surface area (Å²) in [5.74, 6) is -0.578. The maximum absolute atomic E-state index is 13.0. The molecular formula is C14H21FN2O3S. The molecule has 2 rings (SSSR count). The zero-order chi connectivity index (χ0) is 15.5. The zero-order valence-corrected chi connectivity index (χ0v) is 12.6. The molecule has 1 aliphatic carbocycles. The van der Waals surface area contributed by atoms with Crippen LogP contribution in [0, 0.1) is 11.2 Å². The minimum atomic E-state index is -3.81. The monoisotopic (exact) mass is 316 g/mol. The Balaban J connectivity index is 2.13. The van der Waals surface area contributed by atoms with Gasteiger partial charge in [-0.25, -0.2) is 17.5 Å². The van der Waals surface area contributed by atoms with Crippen LogP contribution in [0.3, 0.4) is 0 Å². The molecule has 0 saturated heterocycles. The Morgan fingerprint density at radius 1 is 1.29 bits per heavy atom. The van der Waals surface area contributed by atoms with Gasteiger partial charge in [0, 0.05) is 18.6 Å². The Morgan fingerprint density at radius 2 is 1.95 bits per heavy atom. The molecule has 0 unspecified atom stereocenters. The number of aliphatic hydroxyl groups is 1. The lowest BCUT2D eigenvalue weighted by Crippen LogP contribution is -2.41. The number of hydrogen-bond acceptors (Lipinski definition) is 4. The van der Waals surface area contributed by atoms with Crippen molar-refractivity contribution in [3.63, 3.8) is 0 Å². The van der Waals surface area contributed by atoms with Crippen molar-refractivity contribution >= 4 is 15.7 Å². The third-order valence-corrected chi connectivity index (χ3v) is 5.62. The highest BCUT2D eigenvalue weighted by Crippen LogP contribution is 2.35. The number of halogens is 1. The Hall–Kier alpha value is -1.18. The number of benzene rings is 1. The van der Waals surface area contributed by atoms with Crippen molar-refractivity contribution < 1.29 is 17.9 Å². The van der Waals surface area contributed by atoms with Crippen molar-refractivity contribution in [3.8, 4) is 0 Å². The molecule has 1 aromatic carbocycles. The molecule has 0 spiro atoms. The maximum Gasteiger partial charge on any atom is 0.242 e. The van der Waals surface area contributed by atoms with E-state index in [9.17, 15) is 17.9 Å². The quantitative estimate of drug-likeness (QED) is 0.720. The molecule has 118 valence electrons. The van der Waals surface area contributed by atoms with E-state index in [-0.39, 0.29) is 23.7 Å². The van der Waals surface area contributed by atoms with Gasteiger partial charge in [-0.15, -0.1) is 0 Å². The normalized spacial score (nSPS) is 18.6. The molecule has 1 saturated carbocycles. The third-order valence-electron chi connectivity index (χ3n) is 4.15. The molecule has 0 aromatic heterocycles. The van der Waals surface area contributed by atoms with Crippen LogP contribution >= 0.6 is 0 Å². The van der Waals surface area contributed by atoms with Gasteiger partial charge in [-0.1, -0.05) is 19.3 Å². The molecule has 1 aromatic rings. The van der Waals surface area contributed by atoms with E-state index in [1.807, 2.05) is 0 Å². The minimum absolute atomic E-state index is 0.0472. The summed E-state index contributed by atoms with van der Waals surface area (Å²) >= 11 is 0. The highest BCUT2D eigenvalue weighted by atomic mass is 32.2. The van der Waals surface area contributed by atoms with E-state index in [1.54, 1.807) is 0 Å². The molecule has 0 bridgehead atoms. The topological polar surface area (TPSA) is 92.4 Å². The second-order valence-electron chi connectivity index (χ2n) is 5.73. The van der Waals surface area contributed by atoms with Crippen molar-refractivity contribution in [3.05, 3.63) is 24.0 Å². The number of hydrogen-bond donors (Lipinski definition) is 3. The van der Waals surface area contributed by atoms with E-state index >= 15 is 0 Å². The SMILES string of the molecule is Nc1cc(F)ccc1S(=O)(=O)NCC1(CO)CCCCC1. The summed E-state index contributed by atoms with van der Waals surface area (Å²) in [6, 6.07) is 3.20. The first-order valence-corrected chi connectivity index (χ1v) is 8.52. The van der Waals surface area contributed by atoms with Crippen LogP contribution in [0.25, 0.3) is 0 Å². The lowest BCUT2D eigenvalue weighted by atomic mass is 9.75. The molecule has 0 amide bonds. The summed E-state index contributed by atoms with van der Waals surface area (Å²) in [4.78, 5) is -0.132. The van der Waals surface area contributed by atoms with Crippen LogP contribution in [0.4, 0.5) is 10.1 Å². The molecule has 4 N–H and O–H groups in total. The molecular weight excluding hydrogens is 295 g/mol. The number of nitrogens with two attached hydrogens (primary N) is 1. The van der Waals surface area contributed by atoms with Crippen molar-refractivity contribution in [1.82, 2.24) is 4.72 Å². The predicted molar refractivity (Wildman–Crippen MR) is 78.6 cm³/mol. The van der Waals surface area contributed by atoms with Gasteiger partial charge >= 0.3 is 0 Å². The third kappa shape index (κ3) is 3.72. The molecule has 21 heavy (non-hydrogen) atoms. The van der Waals surface area contributed by atoms with Crippen LogP contribution in [-0.2, 0) is 10.0 Å². The van der Waals surface area contributed by atoms with E-state index in [1.165, 1.54) is 0 Å². The standard InChI is InChI=1S/C14H21FN2O3S/c15-11-4-5-13(12(16)8-11)21(19,20)17-9-14(10-18)6-2-1-3-7-14/h4-5,8,17-18H,1-3,6-7,9-10,16H2. The summed E-state index contributed by atoms with van der Waals surface area (Å²) in [7, 11) is -3.81. The van der Waals surface area contributed by atoms with Crippen molar-refractivity contribution in [2.75, 3.05) is 18.9 Å². The largest absolute Gasteiger partial charge is 0.398 e. The smallest absolute Gasteiger partial charge is 0.242 e. The van der Waals surface area contributed by atoms with Gasteiger partial charge in [0.15, 0.2) is 0 Å². The average molecular weight is 316 g/mol. The van der Waals surface area contributed by atoms with Crippen LogP contribution < -0.4 is 10.5 Å². The average Bonchev–Trinajstić information content (AvgIpc) is 2.46. The molecule has 0 radical (unpaired) electrons. The summed E-state index contributed by atoms with van der Waals surface area (Å²) < 4.78 is 40.0. The van der Waals surface area contributed by atoms with Gasteiger partial charge in [-0.3, -0.25) is 0 Å². The van der Waals surface area contributed by atoms with Crippen LogP contribution in [0.2, 0.25) is 0 Å². The zero-order valence-electron chi connectivity index (χ0n) is 11.8. The number of aliphatic hydroxyl groups excluding tert-OH is 1. The maximum atomic E-state index is 13.0. The van der Waals surface area contributed by atoms with E-state index in [0.717, 1.165) is 50.3 Å². The van der Waals surface area contributed by atoms with Crippen molar-refractivity contribution in [2.45, 2.75) is 37.0 Å². The van der Waals surface area contributed by atoms with Gasteiger partial charge in [-0.05, 0) is 31.0 Å². The number of sulfonamides is 1. The summed E-state index contributed by atoms with van der Waals surface area (Å²) in [6.07, 6.45) is 4.68. The first kappa shape index (κ1) is 16.2. The van der Waals surface area contributed by atoms with Gasteiger partial charge in [0.1, 0.15) is 10.7 Å². The predicted octanol–water partition coefficient (Wildman–Crippen LogP) is 1.63. The number of rotatable bonds is 5. The molecule has 7 heteroatoms. The van der Waals surface area contributed by atoms with E-state index in [0.29, 0.717) is 0 Å². The fourth-order valence-corrected chi connectivity index (χ4v) is 4.05. The van der Waals surface area contributed by atoms with Crippen LogP contribution in [0.5, 0.6) is 0 Å². The van der Waals surface area contributed by atoms with E-state index in [4.69, 9.17) is 5.73 Å². The van der Waals surface area contributed by atoms with Crippen LogP contribution in [-0.4, -0.2) is 26.7 Å².